The third-order valence-electron chi connectivity index (χ3n) is 5.20. The molecular formula is C17H27ClN2O2S. The zero-order chi connectivity index (χ0) is 16.1. The fourth-order valence-corrected chi connectivity index (χ4v) is 6.02. The number of hydrogen-bond donors (Lipinski definition) is 1. The maximum atomic E-state index is 13.1. The third kappa shape index (κ3) is 3.43. The van der Waals surface area contributed by atoms with E-state index in [1.165, 1.54) is 12.8 Å². The summed E-state index contributed by atoms with van der Waals surface area (Å²) in [7, 11) is -1.68. The number of hydrogen-bond acceptors (Lipinski definition) is 3. The van der Waals surface area contributed by atoms with Crippen LogP contribution in [0.5, 0.6) is 0 Å². The summed E-state index contributed by atoms with van der Waals surface area (Å²) in [6.45, 7) is 5.80. The van der Waals surface area contributed by atoms with Crippen LogP contribution >= 0.6 is 12.4 Å². The monoisotopic (exact) mass is 358 g/mol. The molecule has 0 saturated carbocycles. The molecule has 2 aliphatic rings. The molecule has 23 heavy (non-hydrogen) atoms. The van der Waals surface area contributed by atoms with Gasteiger partial charge >= 0.3 is 0 Å². The first kappa shape index (κ1) is 18.7. The van der Waals surface area contributed by atoms with E-state index in [1.807, 2.05) is 32.9 Å². The number of halogens is 1. The van der Waals surface area contributed by atoms with Gasteiger partial charge in [0, 0.05) is 25.2 Å². The molecule has 4 nitrogen and oxygen atoms in total. The van der Waals surface area contributed by atoms with E-state index in [4.69, 9.17) is 0 Å². The molecule has 2 atom stereocenters. The molecule has 130 valence electrons. The molecule has 0 spiro atoms. The molecule has 0 aliphatic carbocycles. The van der Waals surface area contributed by atoms with Crippen LogP contribution in [0.1, 0.15) is 42.4 Å². The van der Waals surface area contributed by atoms with E-state index in [1.54, 1.807) is 11.4 Å². The lowest BCUT2D eigenvalue weighted by Crippen LogP contribution is -2.48. The lowest BCUT2D eigenvalue weighted by molar-refractivity contribution is 0.251. The van der Waals surface area contributed by atoms with Crippen molar-refractivity contribution in [1.29, 1.82) is 0 Å². The molecule has 0 radical (unpaired) electrons. The minimum absolute atomic E-state index is 0. The second kappa shape index (κ2) is 6.71. The first-order valence-electron chi connectivity index (χ1n) is 8.11. The van der Waals surface area contributed by atoms with Gasteiger partial charge in [-0.3, -0.25) is 0 Å². The first-order valence-corrected chi connectivity index (χ1v) is 9.55. The summed E-state index contributed by atoms with van der Waals surface area (Å²) in [5, 5.41) is 3.58. The van der Waals surface area contributed by atoms with Gasteiger partial charge in [0.05, 0.1) is 4.90 Å². The standard InChI is InChI=1S/C17H26N2O2S.ClH/c1-11-7-12(2)17(13(3)8-11)22(20,21)19(4)16-9-14-5-6-15(10-16)18-14;/h7-8,14-16,18H,5-6,9-10H2,1-4H3;1H. The normalized spacial score (nSPS) is 27.1. The van der Waals surface area contributed by atoms with Crippen LogP contribution in [-0.4, -0.2) is 37.9 Å². The van der Waals surface area contributed by atoms with Crippen molar-refractivity contribution in [2.45, 2.75) is 69.5 Å². The lowest BCUT2D eigenvalue weighted by atomic mass is 10.0. The Morgan fingerprint density at radius 3 is 2.00 bits per heavy atom. The summed E-state index contributed by atoms with van der Waals surface area (Å²) in [6, 6.07) is 5.01. The quantitative estimate of drug-likeness (QED) is 0.903. The highest BCUT2D eigenvalue weighted by molar-refractivity contribution is 7.89. The van der Waals surface area contributed by atoms with Crippen LogP contribution < -0.4 is 5.32 Å². The van der Waals surface area contributed by atoms with Crippen molar-refractivity contribution in [3.05, 3.63) is 28.8 Å². The number of piperidine rings is 1. The van der Waals surface area contributed by atoms with E-state index >= 15 is 0 Å². The number of benzene rings is 1. The van der Waals surface area contributed by atoms with Gasteiger partial charge in [-0.1, -0.05) is 17.7 Å². The topological polar surface area (TPSA) is 49.4 Å². The second-order valence-electron chi connectivity index (χ2n) is 7.01. The molecule has 1 aromatic carbocycles. The maximum Gasteiger partial charge on any atom is 0.243 e. The molecule has 2 heterocycles. The Labute approximate surface area is 146 Å². The van der Waals surface area contributed by atoms with E-state index in [9.17, 15) is 8.42 Å². The predicted molar refractivity (Wildman–Crippen MR) is 95.8 cm³/mol. The zero-order valence-corrected chi connectivity index (χ0v) is 15.9. The van der Waals surface area contributed by atoms with Crippen LogP contribution in [0.15, 0.2) is 17.0 Å². The molecular weight excluding hydrogens is 332 g/mol. The van der Waals surface area contributed by atoms with E-state index in [-0.39, 0.29) is 18.4 Å². The molecule has 1 N–H and O–H groups in total. The number of rotatable bonds is 3. The summed E-state index contributed by atoms with van der Waals surface area (Å²) in [6.07, 6.45) is 4.21. The molecule has 2 aliphatic heterocycles. The van der Waals surface area contributed by atoms with Crippen LogP contribution in [0, 0.1) is 20.8 Å². The molecule has 6 heteroatoms. The Morgan fingerprint density at radius 2 is 1.52 bits per heavy atom. The summed E-state index contributed by atoms with van der Waals surface area (Å²) < 4.78 is 27.9. The Bertz CT molecular complexity index is 655. The number of aryl methyl sites for hydroxylation is 3. The molecule has 2 saturated heterocycles. The van der Waals surface area contributed by atoms with Crippen molar-refractivity contribution in [3.63, 3.8) is 0 Å². The van der Waals surface area contributed by atoms with E-state index < -0.39 is 10.0 Å². The molecule has 2 unspecified atom stereocenters. The van der Waals surface area contributed by atoms with Crippen molar-refractivity contribution in [3.8, 4) is 0 Å². The van der Waals surface area contributed by atoms with Crippen LogP contribution in [0.2, 0.25) is 0 Å². The minimum Gasteiger partial charge on any atom is -0.311 e. The lowest BCUT2D eigenvalue weighted by Gasteiger charge is -2.35. The summed E-state index contributed by atoms with van der Waals surface area (Å²) in [4.78, 5) is 0.492. The van der Waals surface area contributed by atoms with E-state index in [0.717, 1.165) is 29.5 Å². The second-order valence-corrected chi connectivity index (χ2v) is 8.95. The van der Waals surface area contributed by atoms with Crippen molar-refractivity contribution >= 4 is 22.4 Å². The Hall–Kier alpha value is -0.620. The van der Waals surface area contributed by atoms with Crippen LogP contribution in [0.4, 0.5) is 0 Å². The highest BCUT2D eigenvalue weighted by Crippen LogP contribution is 2.33. The molecule has 2 fully saturated rings. The predicted octanol–water partition coefficient (Wildman–Crippen LogP) is 2.94. The van der Waals surface area contributed by atoms with E-state index in [0.29, 0.717) is 17.0 Å². The van der Waals surface area contributed by atoms with Gasteiger partial charge in [0.25, 0.3) is 0 Å². The van der Waals surface area contributed by atoms with Gasteiger partial charge in [-0.25, -0.2) is 8.42 Å². The van der Waals surface area contributed by atoms with Crippen LogP contribution in [0.3, 0.4) is 0 Å². The number of nitrogens with one attached hydrogen (secondary N) is 1. The Kier molecular flexibility index (Phi) is 5.46. The molecule has 0 aromatic heterocycles. The van der Waals surface area contributed by atoms with Crippen molar-refractivity contribution in [1.82, 2.24) is 9.62 Å². The number of fused-ring (bicyclic) bond motifs is 2. The fraction of sp³-hybridized carbons (Fsp3) is 0.647. The molecule has 2 bridgehead atoms. The van der Waals surface area contributed by atoms with Gasteiger partial charge in [-0.05, 0) is 57.6 Å². The third-order valence-corrected chi connectivity index (χ3v) is 7.42. The van der Waals surface area contributed by atoms with Crippen LogP contribution in [-0.2, 0) is 10.0 Å². The first-order chi connectivity index (χ1) is 10.3. The summed E-state index contributed by atoms with van der Waals surface area (Å²) in [5.74, 6) is 0. The van der Waals surface area contributed by atoms with Gasteiger partial charge in [-0.2, -0.15) is 4.31 Å². The number of nitrogens with zero attached hydrogens (tertiary/aromatic N) is 1. The van der Waals surface area contributed by atoms with Crippen LogP contribution in [0.25, 0.3) is 0 Å². The molecule has 1 aromatic rings. The largest absolute Gasteiger partial charge is 0.311 e. The Morgan fingerprint density at radius 1 is 1.04 bits per heavy atom. The smallest absolute Gasteiger partial charge is 0.243 e. The van der Waals surface area contributed by atoms with Gasteiger partial charge < -0.3 is 5.32 Å². The van der Waals surface area contributed by atoms with Gasteiger partial charge in [0.2, 0.25) is 10.0 Å². The highest BCUT2D eigenvalue weighted by Gasteiger charge is 2.39. The highest BCUT2D eigenvalue weighted by atomic mass is 35.5. The minimum atomic E-state index is -3.43. The summed E-state index contributed by atoms with van der Waals surface area (Å²) in [5.41, 5.74) is 2.80. The van der Waals surface area contributed by atoms with Crippen molar-refractivity contribution in [2.75, 3.05) is 7.05 Å². The maximum absolute atomic E-state index is 13.1. The van der Waals surface area contributed by atoms with E-state index in [2.05, 4.69) is 5.32 Å². The Balaban J connectivity index is 0.00000192. The average molecular weight is 359 g/mol. The zero-order valence-electron chi connectivity index (χ0n) is 14.3. The average Bonchev–Trinajstić information content (AvgIpc) is 2.75. The fourth-order valence-electron chi connectivity index (χ4n) is 4.24. The molecule has 3 rings (SSSR count). The van der Waals surface area contributed by atoms with Crippen molar-refractivity contribution < 1.29 is 8.42 Å². The number of sulfonamides is 1. The SMILES string of the molecule is Cc1cc(C)c(S(=O)(=O)N(C)C2CC3CCC(C2)N3)c(C)c1.Cl. The van der Waals surface area contributed by atoms with Gasteiger partial charge in [0.15, 0.2) is 0 Å². The van der Waals surface area contributed by atoms with Gasteiger partial charge in [0.1, 0.15) is 0 Å². The molecule has 0 amide bonds. The van der Waals surface area contributed by atoms with Crippen molar-refractivity contribution in [2.24, 2.45) is 0 Å². The van der Waals surface area contributed by atoms with Gasteiger partial charge in [-0.15, -0.1) is 12.4 Å². The summed E-state index contributed by atoms with van der Waals surface area (Å²) >= 11 is 0.